The fourth-order valence-corrected chi connectivity index (χ4v) is 3.25. The lowest BCUT2D eigenvalue weighted by Crippen LogP contribution is -2.49. The van der Waals surface area contributed by atoms with E-state index in [9.17, 15) is 0 Å². The molecule has 2 unspecified atom stereocenters. The molecule has 1 aliphatic carbocycles. The Bertz CT molecular complexity index is 480. The molecule has 0 bridgehead atoms. The lowest BCUT2D eigenvalue weighted by molar-refractivity contribution is 0.196. The third kappa shape index (κ3) is 1.31. The number of rotatable bonds is 0. The summed E-state index contributed by atoms with van der Waals surface area (Å²) in [5.41, 5.74) is 8.86. The van der Waals surface area contributed by atoms with Crippen molar-refractivity contribution in [3.8, 4) is 0 Å². The quantitative estimate of drug-likeness (QED) is 0.739. The predicted molar refractivity (Wildman–Crippen MR) is 70.0 cm³/mol. The Morgan fingerprint density at radius 1 is 1.41 bits per heavy atom. The third-order valence-electron chi connectivity index (χ3n) is 4.47. The molecule has 0 aromatic heterocycles. The van der Waals surface area contributed by atoms with E-state index in [-0.39, 0.29) is 5.54 Å². The molecule has 17 heavy (non-hydrogen) atoms. The zero-order valence-electron chi connectivity index (χ0n) is 10.5. The van der Waals surface area contributed by atoms with Crippen LogP contribution in [0.15, 0.2) is 29.3 Å². The summed E-state index contributed by atoms with van der Waals surface area (Å²) in [5.74, 6) is 1.32. The normalized spacial score (nSPS) is 31.5. The highest BCUT2D eigenvalue weighted by atomic mass is 15.3. The van der Waals surface area contributed by atoms with Gasteiger partial charge in [0.2, 0.25) is 0 Å². The van der Waals surface area contributed by atoms with Crippen LogP contribution >= 0.6 is 0 Å². The van der Waals surface area contributed by atoms with Crippen LogP contribution in [0.5, 0.6) is 0 Å². The maximum absolute atomic E-state index is 5.95. The first kappa shape index (κ1) is 10.6. The van der Waals surface area contributed by atoms with Crippen LogP contribution in [0.25, 0.3) is 0 Å². The number of hydrogen-bond acceptors (Lipinski definition) is 3. The molecule has 0 amide bonds. The van der Waals surface area contributed by atoms with Crippen molar-refractivity contribution in [2.75, 3.05) is 13.6 Å². The number of aliphatic imine (C=N–C) groups is 1. The number of nitrogens with two attached hydrogens (primary N) is 1. The molecule has 0 radical (unpaired) electrons. The fraction of sp³-hybridized carbons (Fsp3) is 0.500. The first-order chi connectivity index (χ1) is 8.15. The van der Waals surface area contributed by atoms with E-state index < -0.39 is 0 Å². The van der Waals surface area contributed by atoms with Gasteiger partial charge in [0.05, 0.1) is 12.1 Å². The van der Waals surface area contributed by atoms with E-state index in [0.717, 1.165) is 13.0 Å². The molecule has 1 aromatic carbocycles. The van der Waals surface area contributed by atoms with Crippen molar-refractivity contribution in [3.05, 3.63) is 35.4 Å². The Hall–Kier alpha value is -1.51. The van der Waals surface area contributed by atoms with E-state index in [1.807, 2.05) is 0 Å². The number of likely N-dealkylation sites (N-methyl/N-ethyl adjacent to an activating group) is 1. The van der Waals surface area contributed by atoms with Gasteiger partial charge in [0.15, 0.2) is 5.96 Å². The summed E-state index contributed by atoms with van der Waals surface area (Å²) in [7, 11) is 2.07. The first-order valence-corrected chi connectivity index (χ1v) is 6.28. The van der Waals surface area contributed by atoms with E-state index in [2.05, 4.69) is 48.1 Å². The third-order valence-corrected chi connectivity index (χ3v) is 4.47. The summed E-state index contributed by atoms with van der Waals surface area (Å²) >= 11 is 0. The van der Waals surface area contributed by atoms with Crippen LogP contribution in [-0.4, -0.2) is 24.5 Å². The number of fused-ring (bicyclic) bond motifs is 2. The van der Waals surface area contributed by atoms with Crippen molar-refractivity contribution in [3.63, 3.8) is 0 Å². The maximum atomic E-state index is 5.95. The van der Waals surface area contributed by atoms with Crippen molar-refractivity contribution in [2.45, 2.75) is 31.2 Å². The molecule has 90 valence electrons. The monoisotopic (exact) mass is 229 g/mol. The van der Waals surface area contributed by atoms with Gasteiger partial charge in [0.25, 0.3) is 0 Å². The molecule has 2 atom stereocenters. The Labute approximate surface area is 102 Å². The standard InChI is InChI=1S/C14H19N3/c1-10-7-8-14(9-16-13(15)17(14)2)12-6-4-3-5-11(10)12/h3-6,10H,7-9H2,1-2H3,(H2,15,16). The molecule has 2 N–H and O–H groups in total. The second-order valence-corrected chi connectivity index (χ2v) is 5.29. The fourth-order valence-electron chi connectivity index (χ4n) is 3.25. The van der Waals surface area contributed by atoms with Crippen LogP contribution in [0, 0.1) is 0 Å². The molecular formula is C14H19N3. The van der Waals surface area contributed by atoms with Crippen LogP contribution < -0.4 is 5.73 Å². The molecule has 1 spiro atoms. The van der Waals surface area contributed by atoms with Crippen molar-refractivity contribution in [2.24, 2.45) is 10.7 Å². The number of nitrogens with zero attached hydrogens (tertiary/aromatic N) is 2. The molecule has 1 aliphatic heterocycles. The summed E-state index contributed by atoms with van der Waals surface area (Å²) in [6.45, 7) is 3.12. The molecule has 3 rings (SSSR count). The highest BCUT2D eigenvalue weighted by molar-refractivity contribution is 5.81. The average Bonchev–Trinajstić information content (AvgIpc) is 2.64. The highest BCUT2D eigenvalue weighted by Gasteiger charge is 2.45. The molecule has 2 aliphatic rings. The predicted octanol–water partition coefficient (Wildman–Crippen LogP) is 2.04. The Morgan fingerprint density at radius 2 is 2.18 bits per heavy atom. The molecular weight excluding hydrogens is 210 g/mol. The van der Waals surface area contributed by atoms with Crippen LogP contribution in [-0.2, 0) is 5.54 Å². The number of guanidine groups is 1. The lowest BCUT2D eigenvalue weighted by Gasteiger charge is -2.43. The van der Waals surface area contributed by atoms with Gasteiger partial charge in [-0.2, -0.15) is 0 Å². The van der Waals surface area contributed by atoms with Gasteiger partial charge in [-0.25, -0.2) is 0 Å². The van der Waals surface area contributed by atoms with E-state index in [1.165, 1.54) is 17.5 Å². The van der Waals surface area contributed by atoms with Crippen molar-refractivity contribution < 1.29 is 0 Å². The van der Waals surface area contributed by atoms with Crippen molar-refractivity contribution in [1.82, 2.24) is 4.90 Å². The summed E-state index contributed by atoms with van der Waals surface area (Å²) in [6.07, 6.45) is 2.36. The summed E-state index contributed by atoms with van der Waals surface area (Å²) in [5, 5.41) is 0. The Kier molecular flexibility index (Phi) is 2.18. The van der Waals surface area contributed by atoms with Gasteiger partial charge < -0.3 is 10.6 Å². The number of benzene rings is 1. The molecule has 0 saturated carbocycles. The molecule has 1 aromatic rings. The van der Waals surface area contributed by atoms with E-state index in [0.29, 0.717) is 11.9 Å². The van der Waals surface area contributed by atoms with Gasteiger partial charge in [0, 0.05) is 7.05 Å². The largest absolute Gasteiger partial charge is 0.370 e. The van der Waals surface area contributed by atoms with Crippen LogP contribution in [0.1, 0.15) is 36.8 Å². The van der Waals surface area contributed by atoms with E-state index in [4.69, 9.17) is 5.73 Å². The van der Waals surface area contributed by atoms with Gasteiger partial charge in [-0.05, 0) is 29.9 Å². The zero-order chi connectivity index (χ0) is 12.0. The number of hydrogen-bond donors (Lipinski definition) is 1. The minimum absolute atomic E-state index is 0.0210. The maximum Gasteiger partial charge on any atom is 0.191 e. The van der Waals surface area contributed by atoms with Gasteiger partial charge in [-0.3, -0.25) is 4.99 Å². The lowest BCUT2D eigenvalue weighted by atomic mass is 9.72. The van der Waals surface area contributed by atoms with Crippen LogP contribution in [0.3, 0.4) is 0 Å². The summed E-state index contributed by atoms with van der Waals surface area (Å²) in [6, 6.07) is 8.76. The summed E-state index contributed by atoms with van der Waals surface area (Å²) in [4.78, 5) is 6.60. The molecule has 0 fully saturated rings. The molecule has 3 heteroatoms. The zero-order valence-corrected chi connectivity index (χ0v) is 10.5. The van der Waals surface area contributed by atoms with Crippen molar-refractivity contribution in [1.29, 1.82) is 0 Å². The minimum atomic E-state index is 0.0210. The van der Waals surface area contributed by atoms with E-state index >= 15 is 0 Å². The minimum Gasteiger partial charge on any atom is -0.370 e. The summed E-state index contributed by atoms with van der Waals surface area (Å²) < 4.78 is 0. The molecule has 3 nitrogen and oxygen atoms in total. The second kappa shape index (κ2) is 3.49. The average molecular weight is 229 g/mol. The van der Waals surface area contributed by atoms with Crippen molar-refractivity contribution >= 4 is 5.96 Å². The Morgan fingerprint density at radius 3 is 2.88 bits per heavy atom. The van der Waals surface area contributed by atoms with E-state index in [1.54, 1.807) is 0 Å². The highest BCUT2D eigenvalue weighted by Crippen LogP contribution is 2.46. The van der Waals surface area contributed by atoms with Crippen LogP contribution in [0.2, 0.25) is 0 Å². The van der Waals surface area contributed by atoms with Gasteiger partial charge in [-0.15, -0.1) is 0 Å². The first-order valence-electron chi connectivity index (χ1n) is 6.28. The van der Waals surface area contributed by atoms with Gasteiger partial charge in [0.1, 0.15) is 0 Å². The SMILES string of the molecule is CC1CCC2(CN=C(N)N2C)c2ccccc21. The van der Waals surface area contributed by atoms with Gasteiger partial charge in [-0.1, -0.05) is 31.2 Å². The van der Waals surface area contributed by atoms with Gasteiger partial charge >= 0.3 is 0 Å². The van der Waals surface area contributed by atoms with Crippen LogP contribution in [0.4, 0.5) is 0 Å². The molecule has 1 heterocycles. The Balaban J connectivity index is 2.13. The molecule has 0 saturated heterocycles. The smallest absolute Gasteiger partial charge is 0.191 e. The second-order valence-electron chi connectivity index (χ2n) is 5.29. The topological polar surface area (TPSA) is 41.6 Å².